The fraction of sp³-hybridized carbons (Fsp3) is 0.429. The average molecular weight is 234 g/mol. The molecular formula is C14H19FN2. The van der Waals surface area contributed by atoms with E-state index in [9.17, 15) is 4.39 Å². The lowest BCUT2D eigenvalue weighted by atomic mass is 10.2. The summed E-state index contributed by atoms with van der Waals surface area (Å²) in [5.41, 5.74) is 0.721. The Morgan fingerprint density at radius 3 is 2.82 bits per heavy atom. The number of benzene rings is 1. The number of hydrogen-bond acceptors (Lipinski definition) is 2. The van der Waals surface area contributed by atoms with Gasteiger partial charge in [-0.25, -0.2) is 4.39 Å². The first-order chi connectivity index (χ1) is 8.15. The van der Waals surface area contributed by atoms with Gasteiger partial charge in [-0.3, -0.25) is 4.90 Å². The van der Waals surface area contributed by atoms with E-state index < -0.39 is 0 Å². The summed E-state index contributed by atoms with van der Waals surface area (Å²) >= 11 is 0. The van der Waals surface area contributed by atoms with Gasteiger partial charge >= 0.3 is 0 Å². The van der Waals surface area contributed by atoms with Crippen molar-refractivity contribution in [3.05, 3.63) is 35.6 Å². The van der Waals surface area contributed by atoms with Crippen LogP contribution >= 0.6 is 0 Å². The molecule has 3 heteroatoms. The van der Waals surface area contributed by atoms with Crippen LogP contribution in [0, 0.1) is 18.2 Å². The maximum absolute atomic E-state index is 13.5. The van der Waals surface area contributed by atoms with E-state index in [4.69, 9.17) is 6.42 Å². The van der Waals surface area contributed by atoms with E-state index in [1.807, 2.05) is 19.2 Å². The minimum absolute atomic E-state index is 0.150. The molecule has 0 spiro atoms. The molecule has 1 unspecified atom stereocenters. The number of nitrogens with zero attached hydrogens (tertiary/aromatic N) is 1. The van der Waals surface area contributed by atoms with Crippen molar-refractivity contribution >= 4 is 0 Å². The third-order valence-corrected chi connectivity index (χ3v) is 2.80. The molecule has 0 bridgehead atoms. The summed E-state index contributed by atoms with van der Waals surface area (Å²) in [6.45, 7) is 4.06. The first-order valence-corrected chi connectivity index (χ1v) is 5.73. The smallest absolute Gasteiger partial charge is 0.127 e. The lowest BCUT2D eigenvalue weighted by molar-refractivity contribution is 0.242. The van der Waals surface area contributed by atoms with E-state index in [0.29, 0.717) is 19.1 Å². The Morgan fingerprint density at radius 1 is 1.47 bits per heavy atom. The molecule has 92 valence electrons. The lowest BCUT2D eigenvalue weighted by Crippen LogP contribution is -2.37. The van der Waals surface area contributed by atoms with Crippen molar-refractivity contribution in [3.63, 3.8) is 0 Å². The lowest BCUT2D eigenvalue weighted by Gasteiger charge is -2.25. The number of terminal acetylenes is 1. The normalized spacial score (nSPS) is 12.4. The Hall–Kier alpha value is -1.37. The molecule has 0 fully saturated rings. The molecule has 1 aromatic rings. The predicted molar refractivity (Wildman–Crippen MR) is 69.0 cm³/mol. The zero-order chi connectivity index (χ0) is 12.7. The maximum atomic E-state index is 13.5. The van der Waals surface area contributed by atoms with Gasteiger partial charge in [-0.1, -0.05) is 24.1 Å². The molecule has 1 N–H and O–H groups in total. The number of likely N-dealkylation sites (N-methyl/N-ethyl adjacent to an activating group) is 1. The van der Waals surface area contributed by atoms with Gasteiger partial charge in [0.2, 0.25) is 0 Å². The first kappa shape index (κ1) is 13.7. The number of rotatable bonds is 6. The van der Waals surface area contributed by atoms with Gasteiger partial charge in [0.25, 0.3) is 0 Å². The summed E-state index contributed by atoms with van der Waals surface area (Å²) in [7, 11) is 1.98. The van der Waals surface area contributed by atoms with E-state index >= 15 is 0 Å². The average Bonchev–Trinajstić information content (AvgIpc) is 2.32. The van der Waals surface area contributed by atoms with E-state index in [0.717, 1.165) is 12.1 Å². The van der Waals surface area contributed by atoms with Gasteiger partial charge in [0.05, 0.1) is 6.54 Å². The largest absolute Gasteiger partial charge is 0.305 e. The van der Waals surface area contributed by atoms with Crippen molar-refractivity contribution in [2.45, 2.75) is 19.5 Å². The summed E-state index contributed by atoms with van der Waals surface area (Å²) in [6.07, 6.45) is 5.16. The van der Waals surface area contributed by atoms with Gasteiger partial charge in [-0.15, -0.1) is 6.42 Å². The SMILES string of the molecule is C#CCNCC(C)N(C)Cc1ccccc1F. The van der Waals surface area contributed by atoms with Crippen LogP contribution in [0.5, 0.6) is 0 Å². The molecule has 17 heavy (non-hydrogen) atoms. The van der Waals surface area contributed by atoms with E-state index in [1.165, 1.54) is 6.07 Å². The van der Waals surface area contributed by atoms with Crippen molar-refractivity contribution in [2.75, 3.05) is 20.1 Å². The topological polar surface area (TPSA) is 15.3 Å². The zero-order valence-corrected chi connectivity index (χ0v) is 10.4. The molecule has 0 saturated heterocycles. The number of halogens is 1. The Labute approximate surface area is 103 Å². The van der Waals surface area contributed by atoms with Gasteiger partial charge in [0, 0.05) is 24.7 Å². The fourth-order valence-corrected chi connectivity index (χ4v) is 1.56. The molecule has 0 radical (unpaired) electrons. The van der Waals surface area contributed by atoms with E-state index in [2.05, 4.69) is 23.1 Å². The van der Waals surface area contributed by atoms with Crippen LogP contribution in [0.1, 0.15) is 12.5 Å². The third kappa shape index (κ3) is 4.56. The van der Waals surface area contributed by atoms with E-state index in [1.54, 1.807) is 6.07 Å². The second-order valence-electron chi connectivity index (χ2n) is 4.19. The Morgan fingerprint density at radius 2 is 2.18 bits per heavy atom. The molecular weight excluding hydrogens is 215 g/mol. The molecule has 2 nitrogen and oxygen atoms in total. The molecule has 0 aromatic heterocycles. The molecule has 1 atom stereocenters. The van der Waals surface area contributed by atoms with Crippen LogP contribution in [-0.2, 0) is 6.54 Å². The van der Waals surface area contributed by atoms with Crippen molar-refractivity contribution in [1.82, 2.24) is 10.2 Å². The standard InChI is InChI=1S/C14H19FN2/c1-4-9-16-10-12(2)17(3)11-13-7-5-6-8-14(13)15/h1,5-8,12,16H,9-11H2,2-3H3. The van der Waals surface area contributed by atoms with Gasteiger partial charge in [0.1, 0.15) is 5.82 Å². The summed E-state index contributed by atoms with van der Waals surface area (Å²) in [6, 6.07) is 7.17. The highest BCUT2D eigenvalue weighted by atomic mass is 19.1. The zero-order valence-electron chi connectivity index (χ0n) is 10.4. The molecule has 1 rings (SSSR count). The Balaban J connectivity index is 2.46. The highest BCUT2D eigenvalue weighted by Crippen LogP contribution is 2.10. The fourth-order valence-electron chi connectivity index (χ4n) is 1.56. The van der Waals surface area contributed by atoms with Crippen LogP contribution in [-0.4, -0.2) is 31.1 Å². The van der Waals surface area contributed by atoms with Gasteiger partial charge in [-0.2, -0.15) is 0 Å². The van der Waals surface area contributed by atoms with Gasteiger partial charge < -0.3 is 5.32 Å². The highest BCUT2D eigenvalue weighted by Gasteiger charge is 2.10. The van der Waals surface area contributed by atoms with Crippen molar-refractivity contribution in [3.8, 4) is 12.3 Å². The maximum Gasteiger partial charge on any atom is 0.127 e. The number of nitrogens with one attached hydrogen (secondary N) is 1. The van der Waals surface area contributed by atoms with Crippen molar-refractivity contribution in [1.29, 1.82) is 0 Å². The molecule has 1 aromatic carbocycles. The first-order valence-electron chi connectivity index (χ1n) is 5.73. The van der Waals surface area contributed by atoms with Crippen LogP contribution in [0.25, 0.3) is 0 Å². The molecule has 0 saturated carbocycles. The number of hydrogen-bond donors (Lipinski definition) is 1. The van der Waals surface area contributed by atoms with Crippen LogP contribution in [0.2, 0.25) is 0 Å². The van der Waals surface area contributed by atoms with Gasteiger partial charge in [-0.05, 0) is 20.0 Å². The third-order valence-electron chi connectivity index (χ3n) is 2.80. The minimum Gasteiger partial charge on any atom is -0.305 e. The van der Waals surface area contributed by atoms with Crippen molar-refractivity contribution < 1.29 is 4.39 Å². The molecule has 0 aliphatic carbocycles. The van der Waals surface area contributed by atoms with Gasteiger partial charge in [0.15, 0.2) is 0 Å². The summed E-state index contributed by atoms with van der Waals surface area (Å²) < 4.78 is 13.5. The van der Waals surface area contributed by atoms with Crippen LogP contribution < -0.4 is 5.32 Å². The molecule has 0 aliphatic heterocycles. The molecule has 0 aliphatic rings. The molecule has 0 amide bonds. The predicted octanol–water partition coefficient (Wildman–Crippen LogP) is 1.87. The second-order valence-corrected chi connectivity index (χ2v) is 4.19. The quantitative estimate of drug-likeness (QED) is 0.597. The summed E-state index contributed by atoms with van der Waals surface area (Å²) in [4.78, 5) is 2.10. The highest BCUT2D eigenvalue weighted by molar-refractivity contribution is 5.17. The van der Waals surface area contributed by atoms with Crippen LogP contribution in [0.3, 0.4) is 0 Å². The van der Waals surface area contributed by atoms with E-state index in [-0.39, 0.29) is 5.82 Å². The minimum atomic E-state index is -0.150. The van der Waals surface area contributed by atoms with Crippen LogP contribution in [0.15, 0.2) is 24.3 Å². The summed E-state index contributed by atoms with van der Waals surface area (Å²) in [5.74, 6) is 2.38. The molecule has 0 heterocycles. The second kappa shape index (κ2) is 7.05. The monoisotopic (exact) mass is 234 g/mol. The summed E-state index contributed by atoms with van der Waals surface area (Å²) in [5, 5.41) is 3.14. The Kier molecular flexibility index (Phi) is 5.68. The Bertz CT molecular complexity index is 384. The van der Waals surface area contributed by atoms with Crippen LogP contribution in [0.4, 0.5) is 4.39 Å². The van der Waals surface area contributed by atoms with Crippen molar-refractivity contribution in [2.24, 2.45) is 0 Å².